The van der Waals surface area contributed by atoms with Gasteiger partial charge in [-0.15, -0.1) is 0 Å². The summed E-state index contributed by atoms with van der Waals surface area (Å²) >= 11 is 0. The Bertz CT molecular complexity index is 390. The number of fused-ring (bicyclic) bond motifs is 1. The summed E-state index contributed by atoms with van der Waals surface area (Å²) in [6.45, 7) is 5.10. The van der Waals surface area contributed by atoms with Crippen molar-refractivity contribution in [3.8, 4) is 5.75 Å². The van der Waals surface area contributed by atoms with Gasteiger partial charge in [-0.2, -0.15) is 0 Å². The Labute approximate surface area is 103 Å². The average Bonchev–Trinajstić information content (AvgIpc) is 2.37. The molecule has 0 amide bonds. The summed E-state index contributed by atoms with van der Waals surface area (Å²) in [5.41, 5.74) is 4.03. The largest absolute Gasteiger partial charge is 0.496 e. The maximum absolute atomic E-state index is 9.00. The quantitative estimate of drug-likeness (QED) is 0.860. The number of hydrogen-bond donors (Lipinski definition) is 1. The first-order chi connectivity index (χ1) is 8.28. The van der Waals surface area contributed by atoms with Crippen molar-refractivity contribution in [2.45, 2.75) is 26.3 Å². The smallest absolute Gasteiger partial charge is 0.122 e. The van der Waals surface area contributed by atoms with Gasteiger partial charge in [0.25, 0.3) is 0 Å². The molecule has 0 saturated heterocycles. The van der Waals surface area contributed by atoms with Crippen LogP contribution in [0.3, 0.4) is 0 Å². The zero-order valence-corrected chi connectivity index (χ0v) is 10.7. The highest BCUT2D eigenvalue weighted by Gasteiger charge is 2.19. The minimum atomic E-state index is 0.236. The van der Waals surface area contributed by atoms with Crippen molar-refractivity contribution < 1.29 is 9.84 Å². The second-order valence-corrected chi connectivity index (χ2v) is 4.54. The third kappa shape index (κ3) is 2.61. The van der Waals surface area contributed by atoms with Gasteiger partial charge in [-0.3, -0.25) is 4.90 Å². The summed E-state index contributed by atoms with van der Waals surface area (Å²) in [7, 11) is 1.75. The van der Waals surface area contributed by atoms with Crippen molar-refractivity contribution in [3.05, 3.63) is 28.8 Å². The van der Waals surface area contributed by atoms with E-state index in [0.29, 0.717) is 0 Å². The van der Waals surface area contributed by atoms with Crippen molar-refractivity contribution in [1.29, 1.82) is 0 Å². The molecule has 0 saturated carbocycles. The normalized spacial score (nSPS) is 15.7. The van der Waals surface area contributed by atoms with Gasteiger partial charge >= 0.3 is 0 Å². The van der Waals surface area contributed by atoms with Gasteiger partial charge in [0, 0.05) is 19.6 Å². The van der Waals surface area contributed by atoms with E-state index >= 15 is 0 Å². The summed E-state index contributed by atoms with van der Waals surface area (Å²) in [4.78, 5) is 2.29. The van der Waals surface area contributed by atoms with Gasteiger partial charge in [0.1, 0.15) is 5.75 Å². The first-order valence-corrected chi connectivity index (χ1v) is 6.30. The number of β-amino-alcohol motifs (C(OH)–C–C–N with tert-alkyl or cyclic N) is 1. The highest BCUT2D eigenvalue weighted by Crippen LogP contribution is 2.29. The molecule has 0 spiro atoms. The van der Waals surface area contributed by atoms with Gasteiger partial charge in [0.05, 0.1) is 13.7 Å². The molecule has 3 heteroatoms. The van der Waals surface area contributed by atoms with Crippen LogP contribution >= 0.6 is 0 Å². The number of ether oxygens (including phenoxy) is 1. The van der Waals surface area contributed by atoms with E-state index in [1.807, 2.05) is 0 Å². The van der Waals surface area contributed by atoms with E-state index in [1.54, 1.807) is 7.11 Å². The molecule has 1 N–H and O–H groups in total. The van der Waals surface area contributed by atoms with Crippen LogP contribution < -0.4 is 4.74 Å². The fraction of sp³-hybridized carbons (Fsp3) is 0.571. The predicted octanol–water partition coefficient (Wildman–Crippen LogP) is 1.61. The van der Waals surface area contributed by atoms with Crippen molar-refractivity contribution in [3.63, 3.8) is 0 Å². The van der Waals surface area contributed by atoms with Crippen LogP contribution in [-0.4, -0.2) is 36.8 Å². The highest BCUT2D eigenvalue weighted by atomic mass is 16.5. The number of nitrogens with zero attached hydrogens (tertiary/aromatic N) is 1. The van der Waals surface area contributed by atoms with E-state index in [0.717, 1.165) is 38.2 Å². The van der Waals surface area contributed by atoms with Crippen LogP contribution in [0.2, 0.25) is 0 Å². The van der Waals surface area contributed by atoms with Crippen molar-refractivity contribution in [1.82, 2.24) is 4.90 Å². The van der Waals surface area contributed by atoms with Crippen LogP contribution in [0.15, 0.2) is 12.1 Å². The van der Waals surface area contributed by atoms with E-state index in [9.17, 15) is 0 Å². The number of rotatable bonds is 4. The van der Waals surface area contributed by atoms with Crippen LogP contribution in [0, 0.1) is 0 Å². The molecule has 1 heterocycles. The number of hydrogen-bond acceptors (Lipinski definition) is 3. The van der Waals surface area contributed by atoms with E-state index in [1.165, 1.54) is 16.7 Å². The first-order valence-electron chi connectivity index (χ1n) is 6.30. The van der Waals surface area contributed by atoms with Crippen LogP contribution in [-0.2, 0) is 19.4 Å². The Kier molecular flexibility index (Phi) is 4.02. The standard InChI is InChI=1S/C14H21NO2/c1-3-11-8-12-10-15(6-7-16)5-4-13(12)14(9-11)17-2/h8-9,16H,3-7,10H2,1-2H3. The first kappa shape index (κ1) is 12.4. The Morgan fingerprint density at radius 2 is 2.24 bits per heavy atom. The van der Waals surface area contributed by atoms with Gasteiger partial charge in [-0.05, 0) is 35.6 Å². The molecule has 3 nitrogen and oxygen atoms in total. The topological polar surface area (TPSA) is 32.7 Å². The van der Waals surface area contributed by atoms with Crippen molar-refractivity contribution in [2.24, 2.45) is 0 Å². The molecule has 94 valence electrons. The Hall–Kier alpha value is -1.06. The minimum absolute atomic E-state index is 0.236. The number of methoxy groups -OCH3 is 1. The molecule has 0 aromatic heterocycles. The van der Waals surface area contributed by atoms with Crippen LogP contribution in [0.25, 0.3) is 0 Å². The zero-order chi connectivity index (χ0) is 12.3. The fourth-order valence-electron chi connectivity index (χ4n) is 2.50. The molecule has 0 unspecified atom stereocenters. The third-order valence-corrected chi connectivity index (χ3v) is 3.48. The number of aliphatic hydroxyl groups excluding tert-OH is 1. The lowest BCUT2D eigenvalue weighted by Gasteiger charge is -2.29. The second-order valence-electron chi connectivity index (χ2n) is 4.54. The molecular formula is C14H21NO2. The molecule has 0 fully saturated rings. The fourth-order valence-corrected chi connectivity index (χ4v) is 2.50. The zero-order valence-electron chi connectivity index (χ0n) is 10.7. The molecule has 0 aliphatic carbocycles. The van der Waals surface area contributed by atoms with Crippen LogP contribution in [0.4, 0.5) is 0 Å². The molecule has 17 heavy (non-hydrogen) atoms. The lowest BCUT2D eigenvalue weighted by atomic mass is 9.95. The van der Waals surface area contributed by atoms with Crippen molar-refractivity contribution in [2.75, 3.05) is 26.8 Å². The third-order valence-electron chi connectivity index (χ3n) is 3.48. The predicted molar refractivity (Wildman–Crippen MR) is 68.4 cm³/mol. The molecule has 0 radical (unpaired) electrons. The molecule has 1 aromatic carbocycles. The molecular weight excluding hydrogens is 214 g/mol. The molecule has 1 aliphatic heterocycles. The number of aliphatic hydroxyl groups is 1. The van der Waals surface area contributed by atoms with Crippen LogP contribution in [0.1, 0.15) is 23.6 Å². The molecule has 1 aliphatic rings. The van der Waals surface area contributed by atoms with E-state index < -0.39 is 0 Å². The second kappa shape index (κ2) is 5.52. The summed E-state index contributed by atoms with van der Waals surface area (Å²) < 4.78 is 5.48. The molecule has 0 bridgehead atoms. The molecule has 2 rings (SSSR count). The minimum Gasteiger partial charge on any atom is -0.496 e. The van der Waals surface area contributed by atoms with Gasteiger partial charge < -0.3 is 9.84 Å². The molecule has 0 atom stereocenters. The lowest BCUT2D eigenvalue weighted by molar-refractivity contribution is 0.183. The van der Waals surface area contributed by atoms with Gasteiger partial charge in [-0.1, -0.05) is 13.0 Å². The van der Waals surface area contributed by atoms with Gasteiger partial charge in [0.2, 0.25) is 0 Å². The SMILES string of the molecule is CCc1cc2c(c(OC)c1)CCN(CCO)C2. The van der Waals surface area contributed by atoms with E-state index in [4.69, 9.17) is 9.84 Å². The van der Waals surface area contributed by atoms with Gasteiger partial charge in [0.15, 0.2) is 0 Å². The number of benzene rings is 1. The summed E-state index contributed by atoms with van der Waals surface area (Å²) in [6, 6.07) is 4.43. The maximum atomic E-state index is 9.00. The summed E-state index contributed by atoms with van der Waals surface area (Å²) in [5, 5.41) is 9.00. The van der Waals surface area contributed by atoms with E-state index in [-0.39, 0.29) is 6.61 Å². The molecule has 1 aromatic rings. The average molecular weight is 235 g/mol. The number of aryl methyl sites for hydroxylation is 1. The monoisotopic (exact) mass is 235 g/mol. The van der Waals surface area contributed by atoms with Crippen molar-refractivity contribution >= 4 is 0 Å². The Morgan fingerprint density at radius 3 is 2.88 bits per heavy atom. The Balaban J connectivity index is 2.29. The van der Waals surface area contributed by atoms with E-state index in [2.05, 4.69) is 24.0 Å². The maximum Gasteiger partial charge on any atom is 0.122 e. The lowest BCUT2D eigenvalue weighted by Crippen LogP contribution is -2.33. The van der Waals surface area contributed by atoms with Crippen LogP contribution in [0.5, 0.6) is 5.75 Å². The summed E-state index contributed by atoms with van der Waals surface area (Å²) in [5.74, 6) is 1.03. The van der Waals surface area contributed by atoms with Gasteiger partial charge in [-0.25, -0.2) is 0 Å². The Morgan fingerprint density at radius 1 is 1.41 bits per heavy atom. The summed E-state index contributed by atoms with van der Waals surface area (Å²) in [6.07, 6.45) is 2.05. The highest BCUT2D eigenvalue weighted by molar-refractivity contribution is 5.45.